The number of hydrogen-bond acceptors (Lipinski definition) is 2. The van der Waals surface area contributed by atoms with Crippen molar-refractivity contribution in [3.63, 3.8) is 0 Å². The quantitative estimate of drug-likeness (QED) is 0.891. The third kappa shape index (κ3) is 2.53. The smallest absolute Gasteiger partial charge is 0.0600 e. The molecule has 0 aromatic heterocycles. The van der Waals surface area contributed by atoms with Crippen molar-refractivity contribution < 1.29 is 4.74 Å². The lowest BCUT2D eigenvalue weighted by molar-refractivity contribution is 0.0489. The van der Waals surface area contributed by atoms with Gasteiger partial charge in [0, 0.05) is 22.0 Å². The second-order valence-corrected chi connectivity index (χ2v) is 6.02. The summed E-state index contributed by atoms with van der Waals surface area (Å²) in [4.78, 5) is 0. The Balaban J connectivity index is 2.28. The molecule has 0 radical (unpaired) electrons. The molecular formula is C14H19Cl2NO. The van der Waals surface area contributed by atoms with E-state index in [1.54, 1.807) is 6.07 Å². The summed E-state index contributed by atoms with van der Waals surface area (Å²) in [6, 6.07) is 5.37. The summed E-state index contributed by atoms with van der Waals surface area (Å²) in [5.41, 5.74) is 7.33. The van der Waals surface area contributed by atoms with Gasteiger partial charge in [0.1, 0.15) is 0 Å². The van der Waals surface area contributed by atoms with Crippen molar-refractivity contribution in [3.8, 4) is 0 Å². The number of benzene rings is 1. The lowest BCUT2D eigenvalue weighted by Crippen LogP contribution is -2.30. The summed E-state index contributed by atoms with van der Waals surface area (Å²) in [6.07, 6.45) is 0.388. The van der Waals surface area contributed by atoms with Crippen molar-refractivity contribution in [3.05, 3.63) is 33.8 Å². The molecule has 0 spiro atoms. The van der Waals surface area contributed by atoms with E-state index in [1.807, 2.05) is 12.1 Å². The first-order chi connectivity index (χ1) is 8.41. The highest BCUT2D eigenvalue weighted by Gasteiger charge is 2.41. The molecule has 2 N–H and O–H groups in total. The Morgan fingerprint density at radius 1 is 1.17 bits per heavy atom. The minimum absolute atomic E-state index is 0.121. The van der Waals surface area contributed by atoms with Gasteiger partial charge >= 0.3 is 0 Å². The van der Waals surface area contributed by atoms with Crippen LogP contribution in [0.2, 0.25) is 10.0 Å². The normalized spacial score (nSPS) is 33.7. The van der Waals surface area contributed by atoms with Crippen LogP contribution in [0.3, 0.4) is 0 Å². The number of nitrogens with two attached hydrogens (primary N) is 1. The largest absolute Gasteiger partial charge is 0.375 e. The molecule has 2 rings (SSSR count). The molecule has 0 aliphatic carbocycles. The van der Waals surface area contributed by atoms with E-state index in [1.165, 1.54) is 0 Å². The monoisotopic (exact) mass is 287 g/mol. The van der Waals surface area contributed by atoms with E-state index in [2.05, 4.69) is 20.8 Å². The number of ether oxygens (including phenoxy) is 1. The second-order valence-electron chi connectivity index (χ2n) is 5.17. The fourth-order valence-corrected chi connectivity index (χ4v) is 3.43. The fourth-order valence-electron chi connectivity index (χ4n) is 2.89. The molecular weight excluding hydrogens is 269 g/mol. The van der Waals surface area contributed by atoms with Crippen molar-refractivity contribution in [2.24, 2.45) is 17.6 Å². The van der Waals surface area contributed by atoms with Crippen molar-refractivity contribution in [2.45, 2.75) is 39.0 Å². The molecule has 1 aliphatic heterocycles. The molecule has 2 nitrogen and oxygen atoms in total. The molecule has 1 aromatic rings. The van der Waals surface area contributed by atoms with Crippen LogP contribution in [0, 0.1) is 11.8 Å². The number of hydrogen-bond donors (Lipinski definition) is 1. The van der Waals surface area contributed by atoms with Crippen LogP contribution in [0.15, 0.2) is 18.2 Å². The van der Waals surface area contributed by atoms with Gasteiger partial charge in [-0.05, 0) is 37.5 Å². The molecule has 5 atom stereocenters. The van der Waals surface area contributed by atoms with Crippen molar-refractivity contribution >= 4 is 23.2 Å². The zero-order chi connectivity index (χ0) is 13.4. The maximum atomic E-state index is 6.39. The molecule has 1 aliphatic rings. The lowest BCUT2D eigenvalue weighted by atomic mass is 9.81. The molecule has 1 aromatic carbocycles. The molecule has 1 heterocycles. The van der Waals surface area contributed by atoms with E-state index in [-0.39, 0.29) is 24.2 Å². The Hall–Kier alpha value is -0.280. The standard InChI is InChI=1S/C14H19Cl2NO/c1-7-8(2)18-9(3)13(7)14(17)11-5-4-10(15)6-12(11)16/h4-9,13-14H,17H2,1-3H3. The van der Waals surface area contributed by atoms with Crippen molar-refractivity contribution in [1.29, 1.82) is 0 Å². The van der Waals surface area contributed by atoms with E-state index in [9.17, 15) is 0 Å². The van der Waals surface area contributed by atoms with E-state index >= 15 is 0 Å². The third-order valence-corrected chi connectivity index (χ3v) is 4.62. The maximum Gasteiger partial charge on any atom is 0.0600 e. The highest BCUT2D eigenvalue weighted by atomic mass is 35.5. The first-order valence-electron chi connectivity index (χ1n) is 6.27. The van der Waals surface area contributed by atoms with Gasteiger partial charge in [-0.1, -0.05) is 36.2 Å². The Labute approximate surface area is 118 Å². The second kappa shape index (κ2) is 5.38. The molecule has 5 unspecified atom stereocenters. The van der Waals surface area contributed by atoms with Crippen LogP contribution in [0.4, 0.5) is 0 Å². The van der Waals surface area contributed by atoms with Crippen LogP contribution in [0.5, 0.6) is 0 Å². The van der Waals surface area contributed by atoms with Gasteiger partial charge in [-0.2, -0.15) is 0 Å². The molecule has 18 heavy (non-hydrogen) atoms. The number of halogens is 2. The minimum Gasteiger partial charge on any atom is -0.375 e. The fraction of sp³-hybridized carbons (Fsp3) is 0.571. The summed E-state index contributed by atoms with van der Waals surface area (Å²) < 4.78 is 5.84. The number of rotatable bonds is 2. The summed E-state index contributed by atoms with van der Waals surface area (Å²) in [5.74, 6) is 0.695. The predicted octanol–water partition coefficient (Wildman–Crippen LogP) is 4.05. The Morgan fingerprint density at radius 3 is 2.33 bits per heavy atom. The molecule has 0 amide bonds. The van der Waals surface area contributed by atoms with Gasteiger partial charge < -0.3 is 10.5 Å². The predicted molar refractivity (Wildman–Crippen MR) is 76.1 cm³/mol. The van der Waals surface area contributed by atoms with Crippen LogP contribution in [-0.2, 0) is 4.74 Å². The van der Waals surface area contributed by atoms with Gasteiger partial charge in [0.05, 0.1) is 12.2 Å². The lowest BCUT2D eigenvalue weighted by Gasteiger charge is -2.26. The zero-order valence-electron chi connectivity index (χ0n) is 10.9. The molecule has 100 valence electrons. The summed E-state index contributed by atoms with van der Waals surface area (Å²) in [6.45, 7) is 6.36. The van der Waals surface area contributed by atoms with E-state index in [0.29, 0.717) is 16.0 Å². The van der Waals surface area contributed by atoms with Gasteiger partial charge in [-0.25, -0.2) is 0 Å². The molecule has 0 bridgehead atoms. The van der Waals surface area contributed by atoms with Gasteiger partial charge in [-0.3, -0.25) is 0 Å². The summed E-state index contributed by atoms with van der Waals surface area (Å²) >= 11 is 12.1. The average Bonchev–Trinajstić information content (AvgIpc) is 2.52. The van der Waals surface area contributed by atoms with Crippen molar-refractivity contribution in [2.75, 3.05) is 0 Å². The Bertz CT molecular complexity index is 438. The van der Waals surface area contributed by atoms with Crippen LogP contribution in [-0.4, -0.2) is 12.2 Å². The highest BCUT2D eigenvalue weighted by Crippen LogP contribution is 2.41. The summed E-state index contributed by atoms with van der Waals surface area (Å²) in [7, 11) is 0. The third-order valence-electron chi connectivity index (χ3n) is 4.06. The van der Waals surface area contributed by atoms with E-state index in [0.717, 1.165) is 5.56 Å². The van der Waals surface area contributed by atoms with Crippen LogP contribution in [0.25, 0.3) is 0 Å². The van der Waals surface area contributed by atoms with Crippen LogP contribution >= 0.6 is 23.2 Å². The zero-order valence-corrected chi connectivity index (χ0v) is 12.4. The molecule has 1 fully saturated rings. The minimum atomic E-state index is -0.121. The van der Waals surface area contributed by atoms with E-state index in [4.69, 9.17) is 33.7 Å². The SMILES string of the molecule is CC1OC(C)C(C(N)c2ccc(Cl)cc2Cl)C1C. The molecule has 4 heteroatoms. The van der Waals surface area contributed by atoms with E-state index < -0.39 is 0 Å². The first kappa shape index (κ1) is 14.1. The Kier molecular flexibility index (Phi) is 4.22. The van der Waals surface area contributed by atoms with Gasteiger partial charge in [-0.15, -0.1) is 0 Å². The molecule has 1 saturated heterocycles. The molecule has 0 saturated carbocycles. The average molecular weight is 288 g/mol. The topological polar surface area (TPSA) is 35.2 Å². The van der Waals surface area contributed by atoms with Crippen molar-refractivity contribution in [1.82, 2.24) is 0 Å². The van der Waals surface area contributed by atoms with Crippen LogP contribution in [0.1, 0.15) is 32.4 Å². The van der Waals surface area contributed by atoms with Gasteiger partial charge in [0.15, 0.2) is 0 Å². The highest BCUT2D eigenvalue weighted by molar-refractivity contribution is 6.35. The summed E-state index contributed by atoms with van der Waals surface area (Å²) in [5, 5.41) is 1.27. The Morgan fingerprint density at radius 2 is 1.83 bits per heavy atom. The van der Waals surface area contributed by atoms with Gasteiger partial charge in [0.2, 0.25) is 0 Å². The maximum absolute atomic E-state index is 6.39. The first-order valence-corrected chi connectivity index (χ1v) is 7.03. The van der Waals surface area contributed by atoms with Crippen LogP contribution < -0.4 is 5.73 Å². The van der Waals surface area contributed by atoms with Gasteiger partial charge in [0.25, 0.3) is 0 Å².